The molecular formula is C18H34N4O3S. The van der Waals surface area contributed by atoms with Gasteiger partial charge in [0, 0.05) is 44.9 Å². The molecule has 1 saturated carbocycles. The number of hydrogen-bond acceptors (Lipinski definition) is 4. The molecule has 150 valence electrons. The highest BCUT2D eigenvalue weighted by Gasteiger charge is 2.33. The van der Waals surface area contributed by atoms with E-state index >= 15 is 0 Å². The average Bonchev–Trinajstić information content (AvgIpc) is 3.06. The quantitative estimate of drug-likeness (QED) is 0.546. The standard InChI is InChI=1S/C18H34N4O3S/c1-18(2,26(4,24)25)13-20-17(19-3)21-15-10-11-22(12-15)16(23)14-8-6-5-7-9-14/h14-15H,5-13H2,1-4H3,(H2,19,20,21). The molecule has 1 saturated heterocycles. The first-order chi connectivity index (χ1) is 12.1. The Morgan fingerprint density at radius 1 is 1.19 bits per heavy atom. The number of carbonyl (C=O) groups is 1. The molecule has 0 aromatic heterocycles. The van der Waals surface area contributed by atoms with E-state index in [4.69, 9.17) is 0 Å². The van der Waals surface area contributed by atoms with E-state index in [-0.39, 0.29) is 18.5 Å². The van der Waals surface area contributed by atoms with Crippen molar-refractivity contribution in [3.8, 4) is 0 Å². The first-order valence-electron chi connectivity index (χ1n) is 9.59. The molecule has 1 atom stereocenters. The fourth-order valence-electron chi connectivity index (χ4n) is 3.50. The number of guanidine groups is 1. The Morgan fingerprint density at radius 2 is 1.85 bits per heavy atom. The summed E-state index contributed by atoms with van der Waals surface area (Å²) in [6, 6.07) is 0.148. The summed E-state index contributed by atoms with van der Waals surface area (Å²) in [5, 5.41) is 6.43. The van der Waals surface area contributed by atoms with Gasteiger partial charge in [-0.1, -0.05) is 19.3 Å². The summed E-state index contributed by atoms with van der Waals surface area (Å²) >= 11 is 0. The Hall–Kier alpha value is -1.31. The Kier molecular flexibility index (Phi) is 6.93. The van der Waals surface area contributed by atoms with Crippen molar-refractivity contribution in [3.63, 3.8) is 0 Å². The van der Waals surface area contributed by atoms with Gasteiger partial charge in [-0.15, -0.1) is 0 Å². The zero-order chi connectivity index (χ0) is 19.4. The highest BCUT2D eigenvalue weighted by Crippen LogP contribution is 2.26. The van der Waals surface area contributed by atoms with Crippen molar-refractivity contribution < 1.29 is 13.2 Å². The fraction of sp³-hybridized carbons (Fsp3) is 0.889. The molecule has 1 heterocycles. The molecule has 0 aromatic carbocycles. The van der Waals surface area contributed by atoms with Gasteiger partial charge in [0.1, 0.15) is 0 Å². The molecular weight excluding hydrogens is 352 g/mol. The van der Waals surface area contributed by atoms with Gasteiger partial charge in [0.05, 0.1) is 4.75 Å². The van der Waals surface area contributed by atoms with Crippen molar-refractivity contribution in [1.82, 2.24) is 15.5 Å². The third-order valence-electron chi connectivity index (χ3n) is 5.70. The minimum Gasteiger partial charge on any atom is -0.355 e. The second-order valence-corrected chi connectivity index (χ2v) is 10.9. The van der Waals surface area contributed by atoms with Crippen molar-refractivity contribution in [2.75, 3.05) is 32.9 Å². The van der Waals surface area contributed by atoms with Gasteiger partial charge in [-0.25, -0.2) is 8.42 Å². The van der Waals surface area contributed by atoms with Crippen molar-refractivity contribution in [1.29, 1.82) is 0 Å². The lowest BCUT2D eigenvalue weighted by Gasteiger charge is -2.27. The summed E-state index contributed by atoms with van der Waals surface area (Å²) < 4.78 is 22.8. The lowest BCUT2D eigenvalue weighted by molar-refractivity contribution is -0.135. The van der Waals surface area contributed by atoms with Crippen LogP contribution in [-0.2, 0) is 14.6 Å². The van der Waals surface area contributed by atoms with Gasteiger partial charge in [0.25, 0.3) is 0 Å². The van der Waals surface area contributed by atoms with Crippen LogP contribution in [0, 0.1) is 5.92 Å². The van der Waals surface area contributed by atoms with Gasteiger partial charge in [0.15, 0.2) is 15.8 Å². The molecule has 0 radical (unpaired) electrons. The van der Waals surface area contributed by atoms with Gasteiger partial charge >= 0.3 is 0 Å². The molecule has 2 rings (SSSR count). The van der Waals surface area contributed by atoms with Crippen LogP contribution in [0.1, 0.15) is 52.4 Å². The maximum absolute atomic E-state index is 12.7. The van der Waals surface area contributed by atoms with Crippen molar-refractivity contribution in [2.45, 2.75) is 63.2 Å². The summed E-state index contributed by atoms with van der Waals surface area (Å²) in [7, 11) is -1.49. The van der Waals surface area contributed by atoms with Crippen molar-refractivity contribution in [2.24, 2.45) is 10.9 Å². The van der Waals surface area contributed by atoms with Crippen LogP contribution in [0.3, 0.4) is 0 Å². The van der Waals surface area contributed by atoms with E-state index in [1.54, 1.807) is 20.9 Å². The van der Waals surface area contributed by atoms with Crippen LogP contribution in [-0.4, -0.2) is 68.9 Å². The van der Waals surface area contributed by atoms with Crippen LogP contribution in [0.4, 0.5) is 0 Å². The molecule has 1 aliphatic carbocycles. The smallest absolute Gasteiger partial charge is 0.225 e. The SMILES string of the molecule is CN=C(NCC(C)(C)S(C)(=O)=O)NC1CCN(C(=O)C2CCCCC2)C1. The second kappa shape index (κ2) is 8.59. The van der Waals surface area contributed by atoms with E-state index in [0.29, 0.717) is 18.4 Å². The fourth-order valence-corrected chi connectivity index (χ4v) is 3.84. The Bertz CT molecular complexity index is 624. The minimum atomic E-state index is -3.16. The minimum absolute atomic E-state index is 0.148. The lowest BCUT2D eigenvalue weighted by atomic mass is 9.88. The third kappa shape index (κ3) is 5.34. The summed E-state index contributed by atoms with van der Waals surface area (Å²) in [4.78, 5) is 18.8. The molecule has 7 nitrogen and oxygen atoms in total. The van der Waals surface area contributed by atoms with Gasteiger partial charge < -0.3 is 15.5 Å². The first kappa shape index (κ1) is 21.0. The largest absolute Gasteiger partial charge is 0.355 e. The van der Waals surface area contributed by atoms with Crippen LogP contribution in [0.2, 0.25) is 0 Å². The van der Waals surface area contributed by atoms with Crippen LogP contribution in [0.15, 0.2) is 4.99 Å². The first-order valence-corrected chi connectivity index (χ1v) is 11.5. The van der Waals surface area contributed by atoms with Crippen LogP contribution < -0.4 is 10.6 Å². The predicted molar refractivity (Wildman–Crippen MR) is 105 cm³/mol. The number of carbonyl (C=O) groups excluding carboxylic acids is 1. The zero-order valence-corrected chi connectivity index (χ0v) is 17.4. The lowest BCUT2D eigenvalue weighted by Crippen LogP contribution is -2.50. The Morgan fingerprint density at radius 3 is 2.42 bits per heavy atom. The van der Waals surface area contributed by atoms with E-state index in [0.717, 1.165) is 25.8 Å². The number of nitrogens with zero attached hydrogens (tertiary/aromatic N) is 2. The summed E-state index contributed by atoms with van der Waals surface area (Å²) in [5.74, 6) is 1.09. The number of sulfone groups is 1. The molecule has 2 N–H and O–H groups in total. The summed E-state index contributed by atoms with van der Waals surface area (Å²) in [5.41, 5.74) is 0. The molecule has 26 heavy (non-hydrogen) atoms. The van der Waals surface area contributed by atoms with Crippen molar-refractivity contribution in [3.05, 3.63) is 0 Å². The molecule has 0 spiro atoms. The maximum atomic E-state index is 12.7. The van der Waals surface area contributed by atoms with Crippen LogP contribution >= 0.6 is 0 Å². The number of likely N-dealkylation sites (tertiary alicyclic amines) is 1. The number of hydrogen-bond donors (Lipinski definition) is 2. The van der Waals surface area contributed by atoms with E-state index in [9.17, 15) is 13.2 Å². The maximum Gasteiger partial charge on any atom is 0.225 e. The molecule has 0 bridgehead atoms. The van der Waals surface area contributed by atoms with Crippen LogP contribution in [0.5, 0.6) is 0 Å². The molecule has 1 amide bonds. The normalized spacial score (nSPS) is 23.2. The number of amides is 1. The van der Waals surface area contributed by atoms with Crippen LogP contribution in [0.25, 0.3) is 0 Å². The van der Waals surface area contributed by atoms with Gasteiger partial charge in [-0.2, -0.15) is 0 Å². The average molecular weight is 387 g/mol. The highest BCUT2D eigenvalue weighted by molar-refractivity contribution is 7.92. The van der Waals surface area contributed by atoms with E-state index in [1.165, 1.54) is 25.5 Å². The van der Waals surface area contributed by atoms with Gasteiger partial charge in [-0.05, 0) is 33.1 Å². The van der Waals surface area contributed by atoms with Crippen molar-refractivity contribution >= 4 is 21.7 Å². The zero-order valence-electron chi connectivity index (χ0n) is 16.5. The Balaban J connectivity index is 1.83. The number of nitrogens with one attached hydrogen (secondary N) is 2. The number of aliphatic imine (C=N–C) groups is 1. The molecule has 8 heteroatoms. The number of rotatable bonds is 5. The topological polar surface area (TPSA) is 90.9 Å². The third-order valence-corrected chi connectivity index (χ3v) is 7.86. The molecule has 1 unspecified atom stereocenters. The van der Waals surface area contributed by atoms with Gasteiger partial charge in [0.2, 0.25) is 5.91 Å². The summed E-state index contributed by atoms with van der Waals surface area (Å²) in [6.07, 6.45) is 7.76. The molecule has 1 aliphatic heterocycles. The Labute approximate surface area is 157 Å². The monoisotopic (exact) mass is 386 g/mol. The van der Waals surface area contributed by atoms with E-state index in [2.05, 4.69) is 15.6 Å². The summed E-state index contributed by atoms with van der Waals surface area (Å²) in [6.45, 7) is 5.14. The molecule has 0 aromatic rings. The van der Waals surface area contributed by atoms with E-state index in [1.807, 2.05) is 4.90 Å². The molecule has 2 aliphatic rings. The predicted octanol–water partition coefficient (Wildman–Crippen LogP) is 1.16. The van der Waals surface area contributed by atoms with Gasteiger partial charge in [-0.3, -0.25) is 9.79 Å². The van der Waals surface area contributed by atoms with E-state index < -0.39 is 14.6 Å². The molecule has 2 fully saturated rings. The second-order valence-electron chi connectivity index (χ2n) is 8.21. The highest BCUT2D eigenvalue weighted by atomic mass is 32.2.